The zero-order valence-electron chi connectivity index (χ0n) is 17.6. The number of phenols is 3. The van der Waals surface area contributed by atoms with Gasteiger partial charge in [0.05, 0.1) is 12.0 Å². The van der Waals surface area contributed by atoms with E-state index in [2.05, 4.69) is 26.8 Å². The summed E-state index contributed by atoms with van der Waals surface area (Å²) in [5, 5.41) is 30.2. The molecule has 0 aliphatic carbocycles. The maximum absolute atomic E-state index is 12.7. The van der Waals surface area contributed by atoms with Crippen molar-refractivity contribution < 1.29 is 24.9 Å². The molecule has 3 N–H and O–H groups in total. The van der Waals surface area contributed by atoms with Gasteiger partial charge in [-0.05, 0) is 64.3 Å². The second-order valence-corrected chi connectivity index (χ2v) is 7.99. The van der Waals surface area contributed by atoms with Crippen molar-refractivity contribution in [1.29, 1.82) is 0 Å². The molecule has 30 heavy (non-hydrogen) atoms. The Labute approximate surface area is 177 Å². The molecule has 1 atom stereocenters. The quantitative estimate of drug-likeness (QED) is 0.530. The highest BCUT2D eigenvalue weighted by molar-refractivity contribution is 6.00. The molecular formula is C25H28O5. The summed E-state index contributed by atoms with van der Waals surface area (Å²) >= 11 is 0. The summed E-state index contributed by atoms with van der Waals surface area (Å²) in [7, 11) is 0. The van der Waals surface area contributed by atoms with Gasteiger partial charge in [-0.1, -0.05) is 23.3 Å². The Morgan fingerprint density at radius 2 is 1.83 bits per heavy atom. The van der Waals surface area contributed by atoms with Crippen molar-refractivity contribution in [3.63, 3.8) is 0 Å². The molecule has 0 fully saturated rings. The topological polar surface area (TPSA) is 87.0 Å². The molecule has 0 amide bonds. The Morgan fingerprint density at radius 3 is 2.53 bits per heavy atom. The van der Waals surface area contributed by atoms with Gasteiger partial charge in [0.15, 0.2) is 5.78 Å². The van der Waals surface area contributed by atoms with Crippen LogP contribution in [-0.4, -0.2) is 21.1 Å². The number of hydrogen-bond acceptors (Lipinski definition) is 5. The molecule has 0 spiro atoms. The van der Waals surface area contributed by atoms with Crippen LogP contribution in [0.2, 0.25) is 0 Å². The number of phenolic OH excluding ortho intramolecular Hbond substituents is 3. The summed E-state index contributed by atoms with van der Waals surface area (Å²) < 4.78 is 6.10. The summed E-state index contributed by atoms with van der Waals surface area (Å²) in [5.74, 6) is 0.126. The summed E-state index contributed by atoms with van der Waals surface area (Å²) in [6.07, 6.45) is 5.95. The van der Waals surface area contributed by atoms with Crippen LogP contribution in [-0.2, 0) is 6.42 Å². The molecule has 2 aromatic carbocycles. The number of aromatic hydroxyl groups is 3. The van der Waals surface area contributed by atoms with Gasteiger partial charge in [0.2, 0.25) is 0 Å². The SMILES string of the molecule is CC(C)=CCC/C(C)=C/Cc1c(O)ccc2c1OC(c1ccc(O)cc1O)CC2=O. The van der Waals surface area contributed by atoms with Crippen LogP contribution in [0.4, 0.5) is 0 Å². The minimum Gasteiger partial charge on any atom is -0.508 e. The van der Waals surface area contributed by atoms with Crippen molar-refractivity contribution >= 4 is 5.78 Å². The molecule has 1 aliphatic rings. The molecule has 0 radical (unpaired) electrons. The van der Waals surface area contributed by atoms with Gasteiger partial charge in [-0.2, -0.15) is 0 Å². The van der Waals surface area contributed by atoms with Crippen molar-refractivity contribution in [3.8, 4) is 23.0 Å². The number of allylic oxidation sites excluding steroid dienone is 4. The van der Waals surface area contributed by atoms with E-state index in [1.165, 1.54) is 29.3 Å². The Kier molecular flexibility index (Phi) is 6.50. The fourth-order valence-corrected chi connectivity index (χ4v) is 3.58. The van der Waals surface area contributed by atoms with Crippen LogP contribution in [0.15, 0.2) is 53.6 Å². The van der Waals surface area contributed by atoms with Gasteiger partial charge in [0.1, 0.15) is 29.1 Å². The van der Waals surface area contributed by atoms with Crippen molar-refractivity contribution in [2.24, 2.45) is 0 Å². The molecule has 158 valence electrons. The first-order chi connectivity index (χ1) is 14.3. The lowest BCUT2D eigenvalue weighted by atomic mass is 9.92. The molecule has 1 aliphatic heterocycles. The van der Waals surface area contributed by atoms with Crippen LogP contribution in [0.25, 0.3) is 0 Å². The first-order valence-electron chi connectivity index (χ1n) is 10.1. The molecule has 2 aromatic rings. The Bertz CT molecular complexity index is 1010. The van der Waals surface area contributed by atoms with E-state index in [0.29, 0.717) is 28.9 Å². The molecule has 1 unspecified atom stereocenters. The third kappa shape index (κ3) is 4.85. The zero-order chi connectivity index (χ0) is 21.8. The van der Waals surface area contributed by atoms with Crippen LogP contribution in [0.1, 0.15) is 67.6 Å². The fraction of sp³-hybridized carbons (Fsp3) is 0.320. The maximum atomic E-state index is 12.7. The molecule has 5 heteroatoms. The average molecular weight is 408 g/mol. The highest BCUT2D eigenvalue weighted by atomic mass is 16.5. The van der Waals surface area contributed by atoms with Crippen LogP contribution >= 0.6 is 0 Å². The van der Waals surface area contributed by atoms with E-state index in [0.717, 1.165) is 12.8 Å². The zero-order valence-corrected chi connectivity index (χ0v) is 17.6. The van der Waals surface area contributed by atoms with Gasteiger partial charge < -0.3 is 20.1 Å². The van der Waals surface area contributed by atoms with E-state index in [9.17, 15) is 20.1 Å². The van der Waals surface area contributed by atoms with Crippen molar-refractivity contribution in [1.82, 2.24) is 0 Å². The average Bonchev–Trinajstić information content (AvgIpc) is 2.66. The highest BCUT2D eigenvalue weighted by Gasteiger charge is 2.31. The van der Waals surface area contributed by atoms with E-state index in [4.69, 9.17) is 4.74 Å². The largest absolute Gasteiger partial charge is 0.508 e. The molecule has 3 rings (SSSR count). The number of fused-ring (bicyclic) bond motifs is 1. The van der Waals surface area contributed by atoms with Crippen LogP contribution in [0, 0.1) is 0 Å². The number of ketones is 1. The van der Waals surface area contributed by atoms with E-state index in [1.807, 2.05) is 6.08 Å². The summed E-state index contributed by atoms with van der Waals surface area (Å²) in [4.78, 5) is 12.7. The number of rotatable bonds is 6. The Balaban J connectivity index is 1.88. The second-order valence-electron chi connectivity index (χ2n) is 7.99. The number of carbonyl (C=O) groups excluding carboxylic acids is 1. The normalized spacial score (nSPS) is 16.0. The smallest absolute Gasteiger partial charge is 0.170 e. The fourth-order valence-electron chi connectivity index (χ4n) is 3.58. The molecular weight excluding hydrogens is 380 g/mol. The number of hydrogen-bond donors (Lipinski definition) is 3. The lowest BCUT2D eigenvalue weighted by molar-refractivity contribution is 0.0844. The number of benzene rings is 2. The van der Waals surface area contributed by atoms with Crippen LogP contribution in [0.5, 0.6) is 23.0 Å². The second kappa shape index (κ2) is 9.08. The molecule has 0 aromatic heterocycles. The monoisotopic (exact) mass is 408 g/mol. The van der Waals surface area contributed by atoms with Gasteiger partial charge in [-0.3, -0.25) is 4.79 Å². The number of carbonyl (C=O) groups is 1. The van der Waals surface area contributed by atoms with Crippen molar-refractivity contribution in [2.75, 3.05) is 0 Å². The third-order valence-corrected chi connectivity index (χ3v) is 5.27. The molecule has 0 bridgehead atoms. The van der Waals surface area contributed by atoms with Gasteiger partial charge >= 0.3 is 0 Å². The molecule has 0 saturated carbocycles. The van der Waals surface area contributed by atoms with Crippen LogP contribution in [0.3, 0.4) is 0 Å². The highest BCUT2D eigenvalue weighted by Crippen LogP contribution is 2.43. The minimum atomic E-state index is -0.686. The summed E-state index contributed by atoms with van der Waals surface area (Å²) in [5.41, 5.74) is 3.90. The predicted molar refractivity (Wildman–Crippen MR) is 116 cm³/mol. The molecule has 1 heterocycles. The number of Topliss-reactive ketones (excluding diaryl/α,β-unsaturated/α-hetero) is 1. The lowest BCUT2D eigenvalue weighted by Gasteiger charge is -2.28. The van der Waals surface area contributed by atoms with Crippen molar-refractivity contribution in [3.05, 3.63) is 70.3 Å². The van der Waals surface area contributed by atoms with Gasteiger partial charge in [0, 0.05) is 17.2 Å². The van der Waals surface area contributed by atoms with E-state index in [1.54, 1.807) is 12.1 Å². The molecule has 0 saturated heterocycles. The minimum absolute atomic E-state index is 0.0640. The maximum Gasteiger partial charge on any atom is 0.170 e. The standard InChI is InChI=1S/C25H28O5/c1-15(2)5-4-6-16(3)7-9-19-21(27)12-11-20-23(29)14-24(30-25(19)20)18-10-8-17(26)13-22(18)28/h5,7-8,10-13,24,26-28H,4,6,9,14H2,1-3H3/b16-7+. The van der Waals surface area contributed by atoms with Gasteiger partial charge in [-0.25, -0.2) is 0 Å². The van der Waals surface area contributed by atoms with Crippen LogP contribution < -0.4 is 4.74 Å². The summed E-state index contributed by atoms with van der Waals surface area (Å²) in [6.45, 7) is 6.20. The Hall–Kier alpha value is -3.21. The van der Waals surface area contributed by atoms with E-state index < -0.39 is 6.10 Å². The predicted octanol–water partition coefficient (Wildman–Crippen LogP) is 5.75. The van der Waals surface area contributed by atoms with Crippen molar-refractivity contribution in [2.45, 2.75) is 52.6 Å². The third-order valence-electron chi connectivity index (χ3n) is 5.27. The first kappa shape index (κ1) is 21.5. The first-order valence-corrected chi connectivity index (χ1v) is 10.1. The lowest BCUT2D eigenvalue weighted by Crippen LogP contribution is -2.21. The van der Waals surface area contributed by atoms with E-state index in [-0.39, 0.29) is 29.5 Å². The van der Waals surface area contributed by atoms with Gasteiger partial charge in [0.25, 0.3) is 0 Å². The van der Waals surface area contributed by atoms with Gasteiger partial charge in [-0.15, -0.1) is 0 Å². The van der Waals surface area contributed by atoms with E-state index >= 15 is 0 Å². The summed E-state index contributed by atoms with van der Waals surface area (Å²) in [6, 6.07) is 7.32. The Morgan fingerprint density at radius 1 is 1.07 bits per heavy atom. The molecule has 5 nitrogen and oxygen atoms in total. The number of ether oxygens (including phenoxy) is 1.